The van der Waals surface area contributed by atoms with E-state index in [4.69, 9.17) is 0 Å². The van der Waals surface area contributed by atoms with Crippen LogP contribution >= 0.6 is 11.3 Å². The molecule has 4 nitrogen and oxygen atoms in total. The fraction of sp³-hybridized carbons (Fsp3) is 0.429. The molecule has 0 radical (unpaired) electrons. The van der Waals surface area contributed by atoms with Crippen molar-refractivity contribution in [3.05, 3.63) is 22.4 Å². The molecule has 1 aromatic heterocycles. The van der Waals surface area contributed by atoms with E-state index in [1.807, 2.05) is 0 Å². The van der Waals surface area contributed by atoms with Gasteiger partial charge < -0.3 is 5.11 Å². The van der Waals surface area contributed by atoms with Crippen LogP contribution in [0.3, 0.4) is 0 Å². The number of aliphatic hydroxyl groups is 1. The fourth-order valence-electron chi connectivity index (χ4n) is 0.853. The van der Waals surface area contributed by atoms with Crippen molar-refractivity contribution in [1.29, 1.82) is 0 Å². The van der Waals surface area contributed by atoms with Crippen molar-refractivity contribution in [3.8, 4) is 0 Å². The number of sulfonamides is 1. The lowest BCUT2D eigenvalue weighted by Gasteiger charge is -2.12. The maximum Gasteiger partial charge on any atom is 0.511 e. The van der Waals surface area contributed by atoms with Gasteiger partial charge in [-0.05, 0) is 22.4 Å². The van der Waals surface area contributed by atoms with Gasteiger partial charge >= 0.3 is 15.5 Å². The minimum absolute atomic E-state index is 0.370. The molecule has 1 unspecified atom stereocenters. The number of alkyl halides is 3. The minimum atomic E-state index is -5.39. The Morgan fingerprint density at radius 3 is 2.56 bits per heavy atom. The third-order valence-electron chi connectivity index (χ3n) is 1.70. The van der Waals surface area contributed by atoms with Gasteiger partial charge in [-0.25, -0.2) is 13.1 Å². The van der Waals surface area contributed by atoms with E-state index in [9.17, 15) is 26.7 Å². The van der Waals surface area contributed by atoms with Gasteiger partial charge in [0.25, 0.3) is 0 Å². The quantitative estimate of drug-likeness (QED) is 0.868. The highest BCUT2D eigenvalue weighted by Crippen LogP contribution is 2.22. The average Bonchev–Trinajstić information content (AvgIpc) is 2.65. The number of aliphatic hydroxyl groups excluding tert-OH is 1. The van der Waals surface area contributed by atoms with Crippen LogP contribution in [0.1, 0.15) is 11.7 Å². The maximum absolute atomic E-state index is 11.9. The van der Waals surface area contributed by atoms with Gasteiger partial charge in [0.2, 0.25) is 0 Å². The number of rotatable bonds is 4. The SMILES string of the molecule is O=S(=O)(NCC(O)c1ccsc1)C(F)(F)F. The molecule has 9 heteroatoms. The zero-order valence-corrected chi connectivity index (χ0v) is 9.36. The first-order valence-electron chi connectivity index (χ1n) is 4.00. The van der Waals surface area contributed by atoms with Crippen molar-refractivity contribution in [2.45, 2.75) is 11.6 Å². The summed E-state index contributed by atoms with van der Waals surface area (Å²) < 4.78 is 58.1. The summed E-state index contributed by atoms with van der Waals surface area (Å²) in [5.41, 5.74) is -4.99. The predicted octanol–water partition coefficient (Wildman–Crippen LogP) is 1.22. The second-order valence-corrected chi connectivity index (χ2v) is 5.41. The smallest absolute Gasteiger partial charge is 0.387 e. The molecule has 0 amide bonds. The second-order valence-electron chi connectivity index (χ2n) is 2.87. The lowest BCUT2D eigenvalue weighted by atomic mass is 10.2. The van der Waals surface area contributed by atoms with Crippen molar-refractivity contribution in [2.24, 2.45) is 0 Å². The lowest BCUT2D eigenvalue weighted by Crippen LogP contribution is -2.38. The highest BCUT2D eigenvalue weighted by molar-refractivity contribution is 7.90. The molecular formula is C7H8F3NO3S2. The predicted molar refractivity (Wildman–Crippen MR) is 52.3 cm³/mol. The number of nitrogens with one attached hydrogen (secondary N) is 1. The largest absolute Gasteiger partial charge is 0.511 e. The van der Waals surface area contributed by atoms with Crippen LogP contribution < -0.4 is 4.72 Å². The van der Waals surface area contributed by atoms with E-state index in [0.29, 0.717) is 5.56 Å². The highest BCUT2D eigenvalue weighted by atomic mass is 32.2. The molecule has 0 aliphatic heterocycles. The molecule has 0 spiro atoms. The Labute approximate surface area is 93.8 Å². The summed E-state index contributed by atoms with van der Waals surface area (Å²) in [6, 6.07) is 1.50. The molecule has 0 aromatic carbocycles. The van der Waals surface area contributed by atoms with Gasteiger partial charge in [-0.1, -0.05) is 0 Å². The van der Waals surface area contributed by atoms with Crippen LogP contribution in [0.2, 0.25) is 0 Å². The lowest BCUT2D eigenvalue weighted by molar-refractivity contribution is -0.0450. The molecule has 0 aliphatic rings. The molecule has 0 fully saturated rings. The Kier molecular flexibility index (Phi) is 3.94. The summed E-state index contributed by atoms with van der Waals surface area (Å²) >= 11 is 1.25. The molecule has 0 aliphatic carbocycles. The van der Waals surface area contributed by atoms with Crippen LogP contribution in [0, 0.1) is 0 Å². The molecule has 0 bridgehead atoms. The molecule has 92 valence electrons. The van der Waals surface area contributed by atoms with E-state index in [2.05, 4.69) is 0 Å². The van der Waals surface area contributed by atoms with Gasteiger partial charge in [-0.2, -0.15) is 24.5 Å². The number of hydrogen-bond acceptors (Lipinski definition) is 4. The molecule has 16 heavy (non-hydrogen) atoms. The Balaban J connectivity index is 2.59. The van der Waals surface area contributed by atoms with Gasteiger partial charge in [0.1, 0.15) is 0 Å². The Morgan fingerprint density at radius 2 is 2.12 bits per heavy atom. The van der Waals surface area contributed by atoms with Crippen LogP contribution in [0.4, 0.5) is 13.2 Å². The summed E-state index contributed by atoms with van der Waals surface area (Å²) in [4.78, 5) is 0. The molecule has 0 saturated heterocycles. The first-order valence-corrected chi connectivity index (χ1v) is 6.43. The minimum Gasteiger partial charge on any atom is -0.387 e. The van der Waals surface area contributed by atoms with E-state index in [1.165, 1.54) is 27.5 Å². The third kappa shape index (κ3) is 3.17. The monoisotopic (exact) mass is 275 g/mol. The Hall–Kier alpha value is -0.640. The summed E-state index contributed by atoms with van der Waals surface area (Å²) in [6.07, 6.45) is -1.29. The van der Waals surface area contributed by atoms with Crippen molar-refractivity contribution >= 4 is 21.4 Å². The standard InChI is InChI=1S/C7H8F3NO3S2/c8-7(9,10)16(13,14)11-3-6(12)5-1-2-15-4-5/h1-2,4,6,11-12H,3H2. The summed E-state index contributed by atoms with van der Waals surface area (Å²) in [5.74, 6) is 0. The number of thiophene rings is 1. The van der Waals surface area contributed by atoms with Crippen molar-refractivity contribution in [1.82, 2.24) is 4.72 Å². The molecular weight excluding hydrogens is 267 g/mol. The summed E-state index contributed by atoms with van der Waals surface area (Å²) in [7, 11) is -5.39. The van der Waals surface area contributed by atoms with E-state index >= 15 is 0 Å². The normalized spacial score (nSPS) is 15.0. The maximum atomic E-state index is 11.9. The molecule has 0 saturated carbocycles. The third-order valence-corrected chi connectivity index (χ3v) is 3.56. The van der Waals surface area contributed by atoms with E-state index in [0.717, 1.165) is 0 Å². The molecule has 1 heterocycles. The van der Waals surface area contributed by atoms with E-state index in [1.54, 1.807) is 5.38 Å². The van der Waals surface area contributed by atoms with Gasteiger partial charge in [-0.3, -0.25) is 0 Å². The van der Waals surface area contributed by atoms with Gasteiger partial charge in [0.05, 0.1) is 6.10 Å². The molecule has 1 atom stereocenters. The van der Waals surface area contributed by atoms with Crippen LogP contribution in [-0.4, -0.2) is 25.6 Å². The van der Waals surface area contributed by atoms with Gasteiger partial charge in [0.15, 0.2) is 0 Å². The first kappa shape index (κ1) is 13.4. The Bertz CT molecular complexity index is 426. The van der Waals surface area contributed by atoms with Crippen LogP contribution in [0.5, 0.6) is 0 Å². The number of hydrogen-bond donors (Lipinski definition) is 2. The molecule has 2 N–H and O–H groups in total. The van der Waals surface area contributed by atoms with E-state index in [-0.39, 0.29) is 0 Å². The second kappa shape index (κ2) is 4.70. The Morgan fingerprint density at radius 1 is 1.50 bits per heavy atom. The summed E-state index contributed by atoms with van der Waals surface area (Å²) in [5, 5.41) is 12.5. The van der Waals surface area contributed by atoms with Crippen molar-refractivity contribution in [3.63, 3.8) is 0 Å². The zero-order valence-electron chi connectivity index (χ0n) is 7.73. The van der Waals surface area contributed by atoms with Crippen molar-refractivity contribution in [2.75, 3.05) is 6.54 Å². The van der Waals surface area contributed by atoms with Crippen molar-refractivity contribution < 1.29 is 26.7 Å². The van der Waals surface area contributed by atoms with E-state index < -0.39 is 28.2 Å². The highest BCUT2D eigenvalue weighted by Gasteiger charge is 2.45. The van der Waals surface area contributed by atoms with Crippen LogP contribution in [-0.2, 0) is 10.0 Å². The fourth-order valence-corrected chi connectivity index (χ4v) is 2.10. The first-order chi connectivity index (χ1) is 7.24. The van der Waals surface area contributed by atoms with Crippen LogP contribution in [0.25, 0.3) is 0 Å². The molecule has 1 aromatic rings. The van der Waals surface area contributed by atoms with Gasteiger partial charge in [0, 0.05) is 6.54 Å². The average molecular weight is 275 g/mol. The molecule has 1 rings (SSSR count). The topological polar surface area (TPSA) is 66.4 Å². The van der Waals surface area contributed by atoms with Crippen LogP contribution in [0.15, 0.2) is 16.8 Å². The number of halogens is 3. The zero-order chi connectivity index (χ0) is 12.4. The summed E-state index contributed by atoms with van der Waals surface area (Å²) in [6.45, 7) is -0.710. The van der Waals surface area contributed by atoms with Gasteiger partial charge in [-0.15, -0.1) is 0 Å².